The summed E-state index contributed by atoms with van der Waals surface area (Å²) in [5.74, 6) is -1.85. The highest BCUT2D eigenvalue weighted by Crippen LogP contribution is 1.82. The first-order valence-electron chi connectivity index (χ1n) is 3.06. The van der Waals surface area contributed by atoms with Crippen LogP contribution < -0.4 is 0 Å². The standard InChI is InChI=1S/C6H10O4/c1-3-9-5(7)6(8)10-4-2/h3-4H2,1-2H3/i5+1,6+1. The fraction of sp³-hybridized carbons (Fsp3) is 0.667. The SMILES string of the molecule is CCO[13C](=O)[13C](=O)OCC. The first-order valence-corrected chi connectivity index (χ1v) is 3.06. The molecule has 10 heavy (non-hydrogen) atoms. The Morgan fingerprint density at radius 2 is 1.30 bits per heavy atom. The number of hydrogen-bond donors (Lipinski definition) is 0. The summed E-state index contributed by atoms with van der Waals surface area (Å²) in [5, 5.41) is 0. The lowest BCUT2D eigenvalue weighted by atomic mass is 10.9. The van der Waals surface area contributed by atoms with Crippen LogP contribution in [0.5, 0.6) is 0 Å². The summed E-state index contributed by atoms with van der Waals surface area (Å²) >= 11 is 0. The van der Waals surface area contributed by atoms with Crippen LogP contribution in [-0.2, 0) is 19.1 Å². The summed E-state index contributed by atoms with van der Waals surface area (Å²) in [6.45, 7) is 3.63. The molecule has 0 aliphatic carbocycles. The zero-order valence-electron chi connectivity index (χ0n) is 6.05. The van der Waals surface area contributed by atoms with Crippen molar-refractivity contribution in [1.82, 2.24) is 0 Å². The van der Waals surface area contributed by atoms with Crippen LogP contribution in [0.3, 0.4) is 0 Å². The highest BCUT2D eigenvalue weighted by Gasteiger charge is 2.14. The lowest BCUT2D eigenvalue weighted by molar-refractivity contribution is -0.167. The van der Waals surface area contributed by atoms with Crippen LogP contribution in [0.1, 0.15) is 13.8 Å². The molecule has 0 saturated heterocycles. The van der Waals surface area contributed by atoms with Crippen molar-refractivity contribution < 1.29 is 19.1 Å². The van der Waals surface area contributed by atoms with Gasteiger partial charge in [0.25, 0.3) is 0 Å². The number of carbonyl (C=O) groups is 2. The van der Waals surface area contributed by atoms with Crippen molar-refractivity contribution in [1.29, 1.82) is 0 Å². The van der Waals surface area contributed by atoms with Crippen molar-refractivity contribution in [3.05, 3.63) is 0 Å². The second kappa shape index (κ2) is 4.78. The van der Waals surface area contributed by atoms with E-state index in [1.165, 1.54) is 0 Å². The van der Waals surface area contributed by atoms with E-state index in [1.54, 1.807) is 13.8 Å². The van der Waals surface area contributed by atoms with Gasteiger partial charge in [0.15, 0.2) is 0 Å². The van der Waals surface area contributed by atoms with E-state index in [1.807, 2.05) is 0 Å². The number of ether oxygens (including phenoxy) is 2. The molecule has 58 valence electrons. The fourth-order valence-corrected chi connectivity index (χ4v) is 0.380. The Balaban J connectivity index is 3.60. The van der Waals surface area contributed by atoms with Crippen molar-refractivity contribution >= 4 is 11.9 Å². The van der Waals surface area contributed by atoms with Crippen LogP contribution in [0, 0.1) is 0 Å². The molecule has 4 nitrogen and oxygen atoms in total. The maximum absolute atomic E-state index is 10.4. The minimum absolute atomic E-state index is 0.192. The summed E-state index contributed by atoms with van der Waals surface area (Å²) < 4.78 is 8.69. The first kappa shape index (κ1) is 8.94. The van der Waals surface area contributed by atoms with E-state index in [9.17, 15) is 9.59 Å². The summed E-state index contributed by atoms with van der Waals surface area (Å²) in [4.78, 5) is 20.9. The molecular formula is C6H10O4. The monoisotopic (exact) mass is 148 g/mol. The molecule has 0 unspecified atom stereocenters. The Hall–Kier alpha value is -1.06. The number of rotatable bonds is 2. The molecule has 0 fully saturated rings. The maximum Gasteiger partial charge on any atom is 0.417 e. The molecule has 0 bridgehead atoms. The lowest BCUT2D eigenvalue weighted by Crippen LogP contribution is -2.19. The maximum atomic E-state index is 10.4. The van der Waals surface area contributed by atoms with E-state index in [4.69, 9.17) is 0 Å². The third-order valence-corrected chi connectivity index (χ3v) is 0.718. The van der Waals surface area contributed by atoms with Crippen LogP contribution in [0.25, 0.3) is 0 Å². The van der Waals surface area contributed by atoms with Gasteiger partial charge < -0.3 is 9.47 Å². The van der Waals surface area contributed by atoms with Gasteiger partial charge in [-0.15, -0.1) is 0 Å². The number of esters is 2. The van der Waals surface area contributed by atoms with Gasteiger partial charge in [-0.05, 0) is 13.8 Å². The van der Waals surface area contributed by atoms with Crippen molar-refractivity contribution in [3.63, 3.8) is 0 Å². The molecule has 0 aliphatic heterocycles. The molecule has 0 atom stereocenters. The van der Waals surface area contributed by atoms with Crippen LogP contribution in [0.4, 0.5) is 0 Å². The van der Waals surface area contributed by atoms with Gasteiger partial charge in [0.2, 0.25) is 0 Å². The van der Waals surface area contributed by atoms with Gasteiger partial charge in [-0.25, -0.2) is 9.59 Å². The van der Waals surface area contributed by atoms with Gasteiger partial charge in [0.05, 0.1) is 13.2 Å². The van der Waals surface area contributed by atoms with Gasteiger partial charge in [-0.3, -0.25) is 0 Å². The van der Waals surface area contributed by atoms with Crippen molar-refractivity contribution in [2.24, 2.45) is 0 Å². The third kappa shape index (κ3) is 3.06. The van der Waals surface area contributed by atoms with E-state index in [0.29, 0.717) is 0 Å². The molecule has 0 aliphatic rings. The zero-order chi connectivity index (χ0) is 7.98. The Labute approximate surface area is 59.1 Å². The minimum Gasteiger partial charge on any atom is -0.458 e. The van der Waals surface area contributed by atoms with Crippen LogP contribution in [0.2, 0.25) is 0 Å². The minimum atomic E-state index is -0.927. The van der Waals surface area contributed by atoms with Gasteiger partial charge in [-0.2, -0.15) is 0 Å². The van der Waals surface area contributed by atoms with E-state index < -0.39 is 11.9 Å². The van der Waals surface area contributed by atoms with E-state index in [-0.39, 0.29) is 13.2 Å². The highest BCUT2D eigenvalue weighted by molar-refractivity contribution is 6.29. The van der Waals surface area contributed by atoms with Gasteiger partial charge in [-0.1, -0.05) is 0 Å². The summed E-state index contributed by atoms with van der Waals surface area (Å²) in [6.07, 6.45) is 0. The molecule has 0 saturated carbocycles. The van der Waals surface area contributed by atoms with Crippen LogP contribution >= 0.6 is 0 Å². The fourth-order valence-electron chi connectivity index (χ4n) is 0.380. The highest BCUT2D eigenvalue weighted by atomic mass is 16.7. The number of hydrogen-bond acceptors (Lipinski definition) is 4. The Kier molecular flexibility index (Phi) is 4.28. The van der Waals surface area contributed by atoms with Crippen LogP contribution in [-0.4, -0.2) is 25.2 Å². The summed E-state index contributed by atoms with van der Waals surface area (Å²) in [7, 11) is 0. The predicted octanol–water partition coefficient (Wildman–Crippen LogP) is 0.113. The normalized spacial score (nSPS) is 8.60. The van der Waals surface area contributed by atoms with Gasteiger partial charge >= 0.3 is 11.9 Å². The molecule has 0 aromatic carbocycles. The lowest BCUT2D eigenvalue weighted by Gasteiger charge is -1.99. The van der Waals surface area contributed by atoms with E-state index in [0.717, 1.165) is 0 Å². The summed E-state index contributed by atoms with van der Waals surface area (Å²) in [6, 6.07) is 0. The quantitative estimate of drug-likeness (QED) is 0.317. The average molecular weight is 148 g/mol. The topological polar surface area (TPSA) is 52.6 Å². The molecule has 0 heterocycles. The Morgan fingerprint density at radius 3 is 1.50 bits per heavy atom. The van der Waals surface area contributed by atoms with Gasteiger partial charge in [0.1, 0.15) is 0 Å². The number of carbonyl (C=O) groups excluding carboxylic acids is 2. The van der Waals surface area contributed by atoms with Crippen molar-refractivity contribution in [2.45, 2.75) is 13.8 Å². The summed E-state index contributed by atoms with van der Waals surface area (Å²) in [5.41, 5.74) is 0. The molecule has 0 spiro atoms. The molecule has 0 rings (SSSR count). The van der Waals surface area contributed by atoms with E-state index >= 15 is 0 Å². The van der Waals surface area contributed by atoms with Crippen molar-refractivity contribution in [2.75, 3.05) is 13.2 Å². The molecule has 0 aromatic rings. The van der Waals surface area contributed by atoms with Crippen LogP contribution in [0.15, 0.2) is 0 Å². The zero-order valence-corrected chi connectivity index (χ0v) is 6.05. The first-order chi connectivity index (χ1) is 4.72. The third-order valence-electron chi connectivity index (χ3n) is 0.718. The Morgan fingerprint density at radius 1 is 1.00 bits per heavy atom. The van der Waals surface area contributed by atoms with Gasteiger partial charge in [0, 0.05) is 0 Å². The average Bonchev–Trinajstić information content (AvgIpc) is 1.89. The Bertz CT molecular complexity index is 114. The molecule has 0 amide bonds. The second-order valence-electron chi connectivity index (χ2n) is 1.44. The largest absolute Gasteiger partial charge is 0.458 e. The van der Waals surface area contributed by atoms with Crippen molar-refractivity contribution in [3.8, 4) is 0 Å². The second-order valence-corrected chi connectivity index (χ2v) is 1.44. The predicted molar refractivity (Wildman–Crippen MR) is 33.3 cm³/mol. The molecular weight excluding hydrogens is 138 g/mol. The molecule has 0 aromatic heterocycles. The molecule has 0 N–H and O–H groups in total. The molecule has 4 heteroatoms. The smallest absolute Gasteiger partial charge is 0.417 e. The van der Waals surface area contributed by atoms with E-state index in [2.05, 4.69) is 9.47 Å². The molecule has 0 radical (unpaired) electrons.